The van der Waals surface area contributed by atoms with Crippen molar-refractivity contribution in [3.8, 4) is 22.8 Å². The summed E-state index contributed by atoms with van der Waals surface area (Å²) in [4.78, 5) is 0. The first-order chi connectivity index (χ1) is 11.8. The van der Waals surface area contributed by atoms with Gasteiger partial charge in [-0.2, -0.15) is 5.10 Å². The maximum absolute atomic E-state index is 6.27. The molecule has 0 aliphatic heterocycles. The molecule has 0 atom stereocenters. The first kappa shape index (κ1) is 17.7. The minimum Gasteiger partial charge on any atom is -0.495 e. The fourth-order valence-electron chi connectivity index (χ4n) is 2.64. The topological polar surface area (TPSA) is 42.8 Å². The summed E-state index contributed by atoms with van der Waals surface area (Å²) in [5.41, 5.74) is 3.18. The number of nitrogens with one attached hydrogen (secondary N) is 1. The highest BCUT2D eigenvalue weighted by Gasteiger charge is 2.16. The molecule has 25 heavy (non-hydrogen) atoms. The van der Waals surface area contributed by atoms with Crippen LogP contribution in [0, 0.1) is 4.77 Å². The van der Waals surface area contributed by atoms with Crippen LogP contribution in [0.15, 0.2) is 42.5 Å². The third-order valence-corrected chi connectivity index (χ3v) is 4.64. The largest absolute Gasteiger partial charge is 0.495 e. The highest BCUT2D eigenvalue weighted by atomic mass is 35.5. The lowest BCUT2D eigenvalue weighted by molar-refractivity contribution is 0.415. The van der Waals surface area contributed by atoms with E-state index in [4.69, 9.17) is 28.6 Å². The van der Waals surface area contributed by atoms with E-state index in [-0.39, 0.29) is 5.41 Å². The molecule has 0 spiro atoms. The molecule has 0 unspecified atom stereocenters. The number of aromatic nitrogens is 3. The number of rotatable bonds is 3. The third-order valence-electron chi connectivity index (χ3n) is 4.08. The van der Waals surface area contributed by atoms with Gasteiger partial charge in [0.15, 0.2) is 10.6 Å². The Morgan fingerprint density at radius 2 is 1.80 bits per heavy atom. The zero-order valence-electron chi connectivity index (χ0n) is 14.6. The molecule has 2 aromatic carbocycles. The van der Waals surface area contributed by atoms with Gasteiger partial charge in [-0.05, 0) is 41.4 Å². The van der Waals surface area contributed by atoms with Gasteiger partial charge < -0.3 is 4.74 Å². The summed E-state index contributed by atoms with van der Waals surface area (Å²) in [6.45, 7) is 6.58. The van der Waals surface area contributed by atoms with Gasteiger partial charge in [0.2, 0.25) is 0 Å². The highest BCUT2D eigenvalue weighted by Crippen LogP contribution is 2.30. The van der Waals surface area contributed by atoms with Crippen LogP contribution in [0.25, 0.3) is 17.1 Å². The van der Waals surface area contributed by atoms with Crippen LogP contribution in [0.3, 0.4) is 0 Å². The van der Waals surface area contributed by atoms with Crippen molar-refractivity contribution in [2.75, 3.05) is 7.11 Å². The second kappa shape index (κ2) is 6.65. The van der Waals surface area contributed by atoms with Crippen molar-refractivity contribution in [2.45, 2.75) is 26.2 Å². The van der Waals surface area contributed by atoms with E-state index in [9.17, 15) is 0 Å². The number of benzene rings is 2. The van der Waals surface area contributed by atoms with Gasteiger partial charge in [-0.1, -0.05) is 56.6 Å². The van der Waals surface area contributed by atoms with E-state index in [1.165, 1.54) is 5.56 Å². The molecule has 4 nitrogen and oxygen atoms in total. The Labute approximate surface area is 157 Å². The molecule has 3 rings (SSSR count). The maximum Gasteiger partial charge on any atom is 0.200 e. The van der Waals surface area contributed by atoms with Gasteiger partial charge in [0, 0.05) is 5.56 Å². The second-order valence-electron chi connectivity index (χ2n) is 6.83. The maximum atomic E-state index is 6.27. The Balaban J connectivity index is 2.08. The number of hydrogen-bond donors (Lipinski definition) is 1. The molecule has 0 aliphatic carbocycles. The molecule has 130 valence electrons. The number of halogens is 1. The standard InChI is InChI=1S/C19H20ClN3OS/c1-19(2,3)13-7-5-12(6-8-13)17-21-22-18(25)23(17)14-9-10-16(24-4)15(20)11-14/h5-11H,1-4H3,(H,22,25). The molecule has 1 aromatic heterocycles. The van der Waals surface area contributed by atoms with Crippen LogP contribution >= 0.6 is 23.8 Å². The smallest absolute Gasteiger partial charge is 0.200 e. The summed E-state index contributed by atoms with van der Waals surface area (Å²) in [6.07, 6.45) is 0. The van der Waals surface area contributed by atoms with Gasteiger partial charge in [-0.3, -0.25) is 9.67 Å². The molecule has 6 heteroatoms. The summed E-state index contributed by atoms with van der Waals surface area (Å²) in [5, 5.41) is 7.79. The zero-order chi connectivity index (χ0) is 18.2. The molecule has 1 heterocycles. The van der Waals surface area contributed by atoms with Crippen molar-refractivity contribution in [2.24, 2.45) is 0 Å². The molecule has 0 saturated carbocycles. The van der Waals surface area contributed by atoms with E-state index >= 15 is 0 Å². The van der Waals surface area contributed by atoms with Crippen LogP contribution in [0.1, 0.15) is 26.3 Å². The van der Waals surface area contributed by atoms with Crippen molar-refractivity contribution in [3.05, 3.63) is 57.8 Å². The third kappa shape index (κ3) is 3.48. The lowest BCUT2D eigenvalue weighted by atomic mass is 9.87. The van der Waals surface area contributed by atoms with Crippen LogP contribution in [0.2, 0.25) is 5.02 Å². The zero-order valence-corrected chi connectivity index (χ0v) is 16.2. The van der Waals surface area contributed by atoms with E-state index in [0.29, 0.717) is 15.5 Å². The molecule has 0 fully saturated rings. The summed E-state index contributed by atoms with van der Waals surface area (Å²) < 4.78 is 7.59. The Hall–Kier alpha value is -2.11. The number of aromatic amines is 1. The monoisotopic (exact) mass is 373 g/mol. The van der Waals surface area contributed by atoms with Crippen molar-refractivity contribution < 1.29 is 4.74 Å². The Morgan fingerprint density at radius 1 is 1.12 bits per heavy atom. The predicted molar refractivity (Wildman–Crippen MR) is 104 cm³/mol. The second-order valence-corrected chi connectivity index (χ2v) is 7.63. The van der Waals surface area contributed by atoms with E-state index < -0.39 is 0 Å². The number of hydrogen-bond acceptors (Lipinski definition) is 3. The van der Waals surface area contributed by atoms with Crippen molar-refractivity contribution >= 4 is 23.8 Å². The summed E-state index contributed by atoms with van der Waals surface area (Å²) in [6, 6.07) is 13.9. The summed E-state index contributed by atoms with van der Waals surface area (Å²) in [5.74, 6) is 1.36. The molecule has 3 aromatic rings. The van der Waals surface area contributed by atoms with Gasteiger partial charge in [-0.25, -0.2) is 0 Å². The van der Waals surface area contributed by atoms with E-state index in [0.717, 1.165) is 17.1 Å². The van der Waals surface area contributed by atoms with E-state index in [2.05, 4.69) is 55.2 Å². The average molecular weight is 374 g/mol. The molecule has 0 aliphatic rings. The average Bonchev–Trinajstić information content (AvgIpc) is 2.95. The van der Waals surface area contributed by atoms with Gasteiger partial charge in [0.05, 0.1) is 17.8 Å². The summed E-state index contributed by atoms with van der Waals surface area (Å²) in [7, 11) is 1.59. The van der Waals surface area contributed by atoms with Gasteiger partial charge in [0.25, 0.3) is 0 Å². The number of ether oxygens (including phenoxy) is 1. The quantitative estimate of drug-likeness (QED) is 0.611. The van der Waals surface area contributed by atoms with Gasteiger partial charge in [-0.15, -0.1) is 0 Å². The van der Waals surface area contributed by atoms with Crippen LogP contribution in [0.4, 0.5) is 0 Å². The normalized spacial score (nSPS) is 11.6. The molecular weight excluding hydrogens is 354 g/mol. The first-order valence-corrected chi connectivity index (χ1v) is 8.72. The number of methoxy groups -OCH3 is 1. The fraction of sp³-hybridized carbons (Fsp3) is 0.263. The Bertz CT molecular complexity index is 952. The fourth-order valence-corrected chi connectivity index (χ4v) is 3.13. The van der Waals surface area contributed by atoms with Crippen molar-refractivity contribution in [1.82, 2.24) is 14.8 Å². The van der Waals surface area contributed by atoms with Crippen LogP contribution in [-0.4, -0.2) is 21.9 Å². The lowest BCUT2D eigenvalue weighted by Crippen LogP contribution is -2.10. The predicted octanol–water partition coefficient (Wildman–Crippen LogP) is 5.56. The van der Waals surface area contributed by atoms with Crippen LogP contribution in [-0.2, 0) is 5.41 Å². The number of H-pyrrole nitrogens is 1. The molecule has 0 amide bonds. The minimum atomic E-state index is 0.104. The molecule has 0 radical (unpaired) electrons. The SMILES string of the molecule is COc1ccc(-n2c(-c3ccc(C(C)(C)C)cc3)n[nH]c2=S)cc1Cl. The lowest BCUT2D eigenvalue weighted by Gasteiger charge is -2.19. The van der Waals surface area contributed by atoms with E-state index in [1.54, 1.807) is 7.11 Å². The highest BCUT2D eigenvalue weighted by molar-refractivity contribution is 7.71. The molecular formula is C19H20ClN3OS. The Morgan fingerprint density at radius 3 is 2.36 bits per heavy atom. The molecule has 1 N–H and O–H groups in total. The molecule has 0 bridgehead atoms. The summed E-state index contributed by atoms with van der Waals surface area (Å²) >= 11 is 11.7. The molecule has 0 saturated heterocycles. The van der Waals surface area contributed by atoms with Crippen LogP contribution in [0.5, 0.6) is 5.75 Å². The number of nitrogens with zero attached hydrogens (tertiary/aromatic N) is 2. The van der Waals surface area contributed by atoms with E-state index in [1.807, 2.05) is 22.8 Å². The van der Waals surface area contributed by atoms with Gasteiger partial charge >= 0.3 is 0 Å². The minimum absolute atomic E-state index is 0.104. The van der Waals surface area contributed by atoms with Gasteiger partial charge in [0.1, 0.15) is 5.75 Å². The van der Waals surface area contributed by atoms with Crippen LogP contribution < -0.4 is 4.74 Å². The van der Waals surface area contributed by atoms with Crippen molar-refractivity contribution in [3.63, 3.8) is 0 Å². The van der Waals surface area contributed by atoms with Crippen molar-refractivity contribution in [1.29, 1.82) is 0 Å². The first-order valence-electron chi connectivity index (χ1n) is 7.93. The Kier molecular flexibility index (Phi) is 4.71.